The van der Waals surface area contributed by atoms with Gasteiger partial charge in [0.25, 0.3) is 0 Å². The Kier molecular flexibility index (Phi) is 50.9. The van der Waals surface area contributed by atoms with Crippen LogP contribution < -0.4 is 0 Å². The van der Waals surface area contributed by atoms with Crippen LogP contribution in [0.1, 0.15) is 265 Å². The van der Waals surface area contributed by atoms with E-state index >= 15 is 0 Å². The van der Waals surface area contributed by atoms with Crippen LogP contribution in [0, 0.1) is 0 Å². The fourth-order valence-corrected chi connectivity index (χ4v) is 7.59. The Labute approximate surface area is 402 Å². The molecule has 0 aromatic carbocycles. The van der Waals surface area contributed by atoms with Gasteiger partial charge in [0.15, 0.2) is 6.10 Å². The number of carbonyl (C=O) groups excluding carboxylic acids is 3. The van der Waals surface area contributed by atoms with E-state index in [1.54, 1.807) is 0 Å². The predicted octanol–water partition coefficient (Wildman–Crippen LogP) is 18.2. The van der Waals surface area contributed by atoms with Gasteiger partial charge >= 0.3 is 17.9 Å². The summed E-state index contributed by atoms with van der Waals surface area (Å²) in [6, 6.07) is 0. The Morgan fingerprint density at radius 1 is 0.338 bits per heavy atom. The summed E-state index contributed by atoms with van der Waals surface area (Å²) in [6.45, 7) is 6.49. The summed E-state index contributed by atoms with van der Waals surface area (Å²) in [5, 5.41) is 0. The number of allylic oxidation sites excluding steroid dienone is 12. The van der Waals surface area contributed by atoms with Gasteiger partial charge in [-0.3, -0.25) is 14.4 Å². The van der Waals surface area contributed by atoms with Crippen molar-refractivity contribution in [3.63, 3.8) is 0 Å². The molecule has 1 unspecified atom stereocenters. The normalized spacial score (nSPS) is 12.6. The largest absolute Gasteiger partial charge is 0.462 e. The fourth-order valence-electron chi connectivity index (χ4n) is 7.59. The number of hydrogen-bond acceptors (Lipinski definition) is 6. The van der Waals surface area contributed by atoms with E-state index in [-0.39, 0.29) is 31.1 Å². The summed E-state index contributed by atoms with van der Waals surface area (Å²) in [4.78, 5) is 38.1. The van der Waals surface area contributed by atoms with E-state index in [1.165, 1.54) is 128 Å². The van der Waals surface area contributed by atoms with Crippen molar-refractivity contribution < 1.29 is 28.6 Å². The third-order valence-electron chi connectivity index (χ3n) is 11.7. The number of ether oxygens (including phenoxy) is 3. The van der Waals surface area contributed by atoms with Crippen LogP contribution in [-0.2, 0) is 28.6 Å². The first kappa shape index (κ1) is 61.9. The van der Waals surface area contributed by atoms with Crippen LogP contribution in [0.2, 0.25) is 0 Å². The second kappa shape index (κ2) is 53.5. The lowest BCUT2D eigenvalue weighted by Crippen LogP contribution is -2.30. The maximum atomic E-state index is 12.8. The van der Waals surface area contributed by atoms with Crippen LogP contribution in [0.5, 0.6) is 0 Å². The molecule has 0 fully saturated rings. The molecule has 6 nitrogen and oxygen atoms in total. The highest BCUT2D eigenvalue weighted by Crippen LogP contribution is 2.15. The zero-order valence-corrected chi connectivity index (χ0v) is 42.7. The van der Waals surface area contributed by atoms with Gasteiger partial charge in [0.2, 0.25) is 0 Å². The SMILES string of the molecule is CC/C=C\C/C=C\CCCCCCCCCC(=O)OCC(COC(=O)CCCCCCC\C=C/C=C\C=C/CCCCCCC)OC(=O)CCCCCCCCC/C=C\CCCCCC. The molecule has 374 valence electrons. The standard InChI is InChI=1S/C59H102O6/c1-4-7-10-13-16-19-22-25-28-29-30-32-34-37-40-43-46-49-52-58(61)64-55-56(54-63-57(60)51-48-45-42-39-36-33-27-24-21-18-15-12-9-6-3)65-59(62)53-50-47-44-41-38-35-31-26-23-20-17-14-11-8-5-2/h9,12,18,20-23,25,28-30,32,56H,4-8,10-11,13-17,19,24,26-27,31,33-55H2,1-3H3/b12-9-,21-18-,23-20-,25-22-,29-28-,32-30-. The molecule has 0 saturated carbocycles. The molecule has 0 saturated heterocycles. The summed E-state index contributed by atoms with van der Waals surface area (Å²) < 4.78 is 16.8. The van der Waals surface area contributed by atoms with Gasteiger partial charge < -0.3 is 14.2 Å². The third kappa shape index (κ3) is 51.7. The molecule has 65 heavy (non-hydrogen) atoms. The Morgan fingerprint density at radius 2 is 0.662 bits per heavy atom. The van der Waals surface area contributed by atoms with E-state index in [0.717, 1.165) is 96.3 Å². The molecule has 0 aliphatic rings. The monoisotopic (exact) mass is 907 g/mol. The lowest BCUT2D eigenvalue weighted by atomic mass is 10.1. The molecule has 1 atom stereocenters. The van der Waals surface area contributed by atoms with Crippen molar-refractivity contribution in [1.82, 2.24) is 0 Å². The first-order chi connectivity index (χ1) is 32.0. The number of esters is 3. The second-order valence-electron chi connectivity index (χ2n) is 18.2. The third-order valence-corrected chi connectivity index (χ3v) is 11.7. The van der Waals surface area contributed by atoms with Crippen molar-refractivity contribution in [3.8, 4) is 0 Å². The maximum absolute atomic E-state index is 12.8. The lowest BCUT2D eigenvalue weighted by molar-refractivity contribution is -0.167. The van der Waals surface area contributed by atoms with Gasteiger partial charge in [-0.15, -0.1) is 0 Å². The van der Waals surface area contributed by atoms with Crippen LogP contribution in [0.25, 0.3) is 0 Å². The summed E-state index contributed by atoms with van der Waals surface area (Å²) >= 11 is 0. The van der Waals surface area contributed by atoms with Crippen molar-refractivity contribution in [1.29, 1.82) is 0 Å². The molecule has 0 aliphatic heterocycles. The minimum absolute atomic E-state index is 0.0879. The van der Waals surface area contributed by atoms with E-state index in [4.69, 9.17) is 14.2 Å². The second-order valence-corrected chi connectivity index (χ2v) is 18.2. The van der Waals surface area contributed by atoms with Crippen LogP contribution in [0.4, 0.5) is 0 Å². The van der Waals surface area contributed by atoms with Crippen LogP contribution in [-0.4, -0.2) is 37.2 Å². The zero-order chi connectivity index (χ0) is 47.2. The van der Waals surface area contributed by atoms with E-state index in [9.17, 15) is 14.4 Å². The van der Waals surface area contributed by atoms with Crippen molar-refractivity contribution in [2.75, 3.05) is 13.2 Å². The maximum Gasteiger partial charge on any atom is 0.306 e. The number of carbonyl (C=O) groups is 3. The molecule has 0 bridgehead atoms. The summed E-state index contributed by atoms with van der Waals surface area (Å²) in [6.07, 6.45) is 67.4. The average molecular weight is 907 g/mol. The van der Waals surface area contributed by atoms with Crippen molar-refractivity contribution >= 4 is 17.9 Å². The molecule has 0 aromatic heterocycles. The molecular weight excluding hydrogens is 805 g/mol. The molecule has 6 heteroatoms. The van der Waals surface area contributed by atoms with Gasteiger partial charge in [-0.1, -0.05) is 222 Å². The van der Waals surface area contributed by atoms with E-state index in [1.807, 2.05) is 0 Å². The molecular formula is C59H102O6. The number of hydrogen-bond donors (Lipinski definition) is 0. The van der Waals surface area contributed by atoms with E-state index in [0.29, 0.717) is 19.3 Å². The Bertz CT molecular complexity index is 1230. The van der Waals surface area contributed by atoms with Gasteiger partial charge in [-0.2, -0.15) is 0 Å². The fraction of sp³-hybridized carbons (Fsp3) is 0.746. The van der Waals surface area contributed by atoms with Gasteiger partial charge in [0, 0.05) is 19.3 Å². The first-order valence-corrected chi connectivity index (χ1v) is 27.5. The van der Waals surface area contributed by atoms with Crippen LogP contribution >= 0.6 is 0 Å². The predicted molar refractivity (Wildman–Crippen MR) is 279 cm³/mol. The molecule has 0 aromatic rings. The molecule has 0 heterocycles. The van der Waals surface area contributed by atoms with Gasteiger partial charge in [0.05, 0.1) is 0 Å². The minimum atomic E-state index is -0.789. The first-order valence-electron chi connectivity index (χ1n) is 27.5. The molecule has 0 spiro atoms. The topological polar surface area (TPSA) is 78.9 Å². The van der Waals surface area contributed by atoms with E-state index < -0.39 is 6.10 Å². The molecule has 0 aliphatic carbocycles. The number of rotatable bonds is 49. The molecule has 0 radical (unpaired) electrons. The highest BCUT2D eigenvalue weighted by molar-refractivity contribution is 5.71. The molecule has 0 amide bonds. The average Bonchev–Trinajstić information content (AvgIpc) is 3.30. The lowest BCUT2D eigenvalue weighted by Gasteiger charge is -2.18. The smallest absolute Gasteiger partial charge is 0.306 e. The number of unbranched alkanes of at least 4 members (excludes halogenated alkanes) is 28. The summed E-state index contributed by atoms with van der Waals surface area (Å²) in [5.41, 5.74) is 0. The zero-order valence-electron chi connectivity index (χ0n) is 42.7. The Hall–Kier alpha value is -3.15. The Morgan fingerprint density at radius 3 is 1.08 bits per heavy atom. The van der Waals surface area contributed by atoms with Crippen molar-refractivity contribution in [3.05, 3.63) is 72.9 Å². The highest BCUT2D eigenvalue weighted by atomic mass is 16.6. The van der Waals surface area contributed by atoms with Gasteiger partial charge in [0.1, 0.15) is 13.2 Å². The highest BCUT2D eigenvalue weighted by Gasteiger charge is 2.19. The van der Waals surface area contributed by atoms with Crippen LogP contribution in [0.15, 0.2) is 72.9 Å². The Balaban J connectivity index is 4.43. The van der Waals surface area contributed by atoms with Crippen molar-refractivity contribution in [2.45, 2.75) is 271 Å². The van der Waals surface area contributed by atoms with Gasteiger partial charge in [-0.05, 0) is 96.3 Å². The quantitative estimate of drug-likeness (QED) is 0.0199. The molecule has 0 N–H and O–H groups in total. The minimum Gasteiger partial charge on any atom is -0.462 e. The molecule has 0 rings (SSSR count). The van der Waals surface area contributed by atoms with Crippen molar-refractivity contribution in [2.24, 2.45) is 0 Å². The van der Waals surface area contributed by atoms with E-state index in [2.05, 4.69) is 93.7 Å². The summed E-state index contributed by atoms with van der Waals surface area (Å²) in [7, 11) is 0. The van der Waals surface area contributed by atoms with Crippen LogP contribution in [0.3, 0.4) is 0 Å². The summed E-state index contributed by atoms with van der Waals surface area (Å²) in [5.74, 6) is -0.915. The van der Waals surface area contributed by atoms with Gasteiger partial charge in [-0.25, -0.2) is 0 Å².